The summed E-state index contributed by atoms with van der Waals surface area (Å²) in [6.07, 6.45) is 6.71. The first kappa shape index (κ1) is 14.6. The van der Waals surface area contributed by atoms with Gasteiger partial charge in [0, 0.05) is 17.9 Å². The third kappa shape index (κ3) is 5.26. The maximum Gasteiger partial charge on any atom is 0.163 e. The Morgan fingerprint density at radius 3 is 2.50 bits per heavy atom. The molecule has 0 spiro atoms. The maximum absolute atomic E-state index is 11.9. The van der Waals surface area contributed by atoms with Crippen LogP contribution in [-0.2, 0) is 4.79 Å². The van der Waals surface area contributed by atoms with Crippen molar-refractivity contribution in [2.45, 2.75) is 45.4 Å². The van der Waals surface area contributed by atoms with Gasteiger partial charge in [-0.25, -0.2) is 0 Å². The molecule has 2 heteroatoms. The lowest BCUT2D eigenvalue weighted by molar-refractivity contribution is -0.111. The molecule has 0 aromatic heterocycles. The Kier molecular flexibility index (Phi) is 7.00. The number of benzene rings is 1. The fraction of sp³-hybridized carbons (Fsp3) is 0.500. The molecular weight excluding hydrogens is 224 g/mol. The van der Waals surface area contributed by atoms with E-state index in [0.717, 1.165) is 25.5 Å². The Labute approximate surface area is 109 Å². The highest BCUT2D eigenvalue weighted by Gasteiger charge is 2.14. The Morgan fingerprint density at radius 2 is 1.89 bits per heavy atom. The molecule has 0 heterocycles. The van der Waals surface area contributed by atoms with Gasteiger partial charge in [0.15, 0.2) is 5.78 Å². The summed E-state index contributed by atoms with van der Waals surface area (Å²) >= 11 is 0. The van der Waals surface area contributed by atoms with E-state index in [1.54, 1.807) is 12.1 Å². The topological polar surface area (TPSA) is 34.1 Å². The van der Waals surface area contributed by atoms with Gasteiger partial charge in [0.1, 0.15) is 6.29 Å². The van der Waals surface area contributed by atoms with Crippen molar-refractivity contribution in [3.8, 4) is 0 Å². The van der Waals surface area contributed by atoms with E-state index < -0.39 is 0 Å². The second-order valence-electron chi connectivity index (χ2n) is 4.74. The monoisotopic (exact) mass is 246 g/mol. The molecule has 0 saturated carbocycles. The van der Waals surface area contributed by atoms with Crippen molar-refractivity contribution < 1.29 is 9.59 Å². The summed E-state index contributed by atoms with van der Waals surface area (Å²) in [6.45, 7) is 2.16. The number of hydrogen-bond donors (Lipinski definition) is 0. The van der Waals surface area contributed by atoms with E-state index in [2.05, 4.69) is 6.92 Å². The van der Waals surface area contributed by atoms with Gasteiger partial charge in [0.05, 0.1) is 0 Å². The van der Waals surface area contributed by atoms with Crippen LogP contribution in [0.1, 0.15) is 55.8 Å². The minimum Gasteiger partial charge on any atom is -0.303 e. The molecule has 2 nitrogen and oxygen atoms in total. The summed E-state index contributed by atoms with van der Waals surface area (Å²) in [4.78, 5) is 22.9. The fourth-order valence-corrected chi connectivity index (χ4v) is 2.03. The minimum atomic E-state index is -0.116. The second-order valence-corrected chi connectivity index (χ2v) is 4.74. The largest absolute Gasteiger partial charge is 0.303 e. The van der Waals surface area contributed by atoms with Crippen LogP contribution < -0.4 is 0 Å². The van der Waals surface area contributed by atoms with Gasteiger partial charge in [-0.3, -0.25) is 4.79 Å². The summed E-state index contributed by atoms with van der Waals surface area (Å²) < 4.78 is 0. The van der Waals surface area contributed by atoms with Gasteiger partial charge in [-0.2, -0.15) is 0 Å². The molecule has 1 rings (SSSR count). The smallest absolute Gasteiger partial charge is 0.163 e. The predicted molar refractivity (Wildman–Crippen MR) is 73.7 cm³/mol. The van der Waals surface area contributed by atoms with Crippen LogP contribution in [-0.4, -0.2) is 12.1 Å². The summed E-state index contributed by atoms with van der Waals surface area (Å²) in [5.41, 5.74) is 0.706. The Hall–Kier alpha value is -1.44. The van der Waals surface area contributed by atoms with Gasteiger partial charge in [-0.1, -0.05) is 62.9 Å². The van der Waals surface area contributed by atoms with Gasteiger partial charge >= 0.3 is 0 Å². The van der Waals surface area contributed by atoms with E-state index in [1.165, 1.54) is 12.8 Å². The van der Waals surface area contributed by atoms with Crippen LogP contribution in [0.25, 0.3) is 0 Å². The quantitative estimate of drug-likeness (QED) is 0.374. The number of rotatable bonds is 9. The van der Waals surface area contributed by atoms with Crippen molar-refractivity contribution in [1.29, 1.82) is 0 Å². The number of carbonyl (C=O) groups excluding carboxylic acids is 2. The first-order valence-electron chi connectivity index (χ1n) is 6.81. The van der Waals surface area contributed by atoms with Crippen LogP contribution in [0.2, 0.25) is 0 Å². The van der Waals surface area contributed by atoms with Crippen LogP contribution in [0, 0.1) is 5.92 Å². The van der Waals surface area contributed by atoms with Crippen LogP contribution >= 0.6 is 0 Å². The average Bonchev–Trinajstić information content (AvgIpc) is 2.43. The summed E-state index contributed by atoms with van der Waals surface area (Å²) in [5.74, 6) is -0.0437. The van der Waals surface area contributed by atoms with Crippen molar-refractivity contribution in [1.82, 2.24) is 0 Å². The molecule has 0 aliphatic heterocycles. The molecule has 18 heavy (non-hydrogen) atoms. The van der Waals surface area contributed by atoms with Crippen molar-refractivity contribution in [2.24, 2.45) is 5.92 Å². The molecule has 0 radical (unpaired) electrons. The first-order chi connectivity index (χ1) is 8.77. The molecule has 0 aliphatic carbocycles. The molecule has 0 N–H and O–H groups in total. The number of hydrogen-bond acceptors (Lipinski definition) is 2. The number of carbonyl (C=O) groups is 2. The minimum absolute atomic E-state index is 0.0724. The molecule has 98 valence electrons. The van der Waals surface area contributed by atoms with Crippen molar-refractivity contribution >= 4 is 12.1 Å². The van der Waals surface area contributed by atoms with Gasteiger partial charge in [-0.15, -0.1) is 0 Å². The van der Waals surface area contributed by atoms with Crippen LogP contribution in [0.3, 0.4) is 0 Å². The predicted octanol–water partition coefficient (Wildman–Crippen LogP) is 4.04. The van der Waals surface area contributed by atoms with Crippen LogP contribution in [0.15, 0.2) is 30.3 Å². The molecule has 0 bridgehead atoms. The molecule has 1 atom stereocenters. The molecule has 0 amide bonds. The SMILES string of the molecule is CCCCCC[C@@H](C=O)CC(=O)c1ccccc1. The van der Waals surface area contributed by atoms with E-state index in [9.17, 15) is 9.59 Å². The zero-order valence-electron chi connectivity index (χ0n) is 11.1. The fourth-order valence-electron chi connectivity index (χ4n) is 2.03. The zero-order chi connectivity index (χ0) is 13.2. The molecule has 0 aliphatic rings. The Balaban J connectivity index is 2.38. The third-order valence-corrected chi connectivity index (χ3v) is 3.16. The molecule has 1 aromatic carbocycles. The first-order valence-corrected chi connectivity index (χ1v) is 6.81. The number of unbranched alkanes of at least 4 members (excludes halogenated alkanes) is 3. The van der Waals surface area contributed by atoms with E-state index in [-0.39, 0.29) is 11.7 Å². The second kappa shape index (κ2) is 8.62. The highest BCUT2D eigenvalue weighted by atomic mass is 16.1. The van der Waals surface area contributed by atoms with E-state index in [4.69, 9.17) is 0 Å². The summed E-state index contributed by atoms with van der Waals surface area (Å²) in [7, 11) is 0. The van der Waals surface area contributed by atoms with Crippen LogP contribution in [0.5, 0.6) is 0 Å². The Morgan fingerprint density at radius 1 is 1.17 bits per heavy atom. The Bertz CT molecular complexity index is 357. The third-order valence-electron chi connectivity index (χ3n) is 3.16. The lowest BCUT2D eigenvalue weighted by Gasteiger charge is -2.09. The lowest BCUT2D eigenvalue weighted by Crippen LogP contribution is -2.10. The molecule has 0 fully saturated rings. The number of Topliss-reactive ketones (excluding diaryl/α,β-unsaturated/α-hetero) is 1. The van der Waals surface area contributed by atoms with Crippen molar-refractivity contribution in [3.63, 3.8) is 0 Å². The molecular formula is C16H22O2. The highest BCUT2D eigenvalue weighted by molar-refractivity contribution is 5.97. The molecule has 1 aromatic rings. The highest BCUT2D eigenvalue weighted by Crippen LogP contribution is 2.15. The van der Waals surface area contributed by atoms with E-state index in [1.807, 2.05) is 18.2 Å². The normalized spacial score (nSPS) is 12.1. The zero-order valence-corrected chi connectivity index (χ0v) is 11.1. The molecule has 0 unspecified atom stereocenters. The van der Waals surface area contributed by atoms with Gasteiger partial charge in [0.25, 0.3) is 0 Å². The summed E-state index contributed by atoms with van der Waals surface area (Å²) in [6, 6.07) is 9.20. The summed E-state index contributed by atoms with van der Waals surface area (Å²) in [5, 5.41) is 0. The van der Waals surface area contributed by atoms with E-state index >= 15 is 0 Å². The van der Waals surface area contributed by atoms with Crippen LogP contribution in [0.4, 0.5) is 0 Å². The number of ketones is 1. The van der Waals surface area contributed by atoms with Crippen molar-refractivity contribution in [2.75, 3.05) is 0 Å². The van der Waals surface area contributed by atoms with Crippen molar-refractivity contribution in [3.05, 3.63) is 35.9 Å². The number of aldehydes is 1. The van der Waals surface area contributed by atoms with Gasteiger partial charge in [-0.05, 0) is 6.42 Å². The molecule has 0 saturated heterocycles. The lowest BCUT2D eigenvalue weighted by atomic mass is 9.94. The van der Waals surface area contributed by atoms with Gasteiger partial charge in [0.2, 0.25) is 0 Å². The van der Waals surface area contributed by atoms with E-state index in [0.29, 0.717) is 12.0 Å². The standard InChI is InChI=1S/C16H22O2/c1-2-3-4-6-9-14(13-17)12-16(18)15-10-7-5-8-11-15/h5,7-8,10-11,13-14H,2-4,6,9,12H2,1H3/t14-/m1/s1. The maximum atomic E-state index is 11.9. The van der Waals surface area contributed by atoms with Gasteiger partial charge < -0.3 is 4.79 Å². The average molecular weight is 246 g/mol.